The Labute approximate surface area is 151 Å². The molecular formula is C19H33N5O. The van der Waals surface area contributed by atoms with Crippen LogP contribution in [0, 0.1) is 19.8 Å². The van der Waals surface area contributed by atoms with Gasteiger partial charge in [-0.05, 0) is 33.6 Å². The van der Waals surface area contributed by atoms with Crippen molar-refractivity contribution in [3.8, 4) is 0 Å². The van der Waals surface area contributed by atoms with Gasteiger partial charge in [0.25, 0.3) is 0 Å². The molecule has 0 spiro atoms. The molecule has 1 aliphatic carbocycles. The second-order valence-corrected chi connectivity index (χ2v) is 8.18. The first-order valence-corrected chi connectivity index (χ1v) is 9.58. The molecule has 6 nitrogen and oxygen atoms in total. The fraction of sp³-hybridized carbons (Fsp3) is 0.789. The second-order valence-electron chi connectivity index (χ2n) is 8.18. The van der Waals surface area contributed by atoms with E-state index in [1.165, 1.54) is 11.3 Å². The van der Waals surface area contributed by atoms with E-state index in [0.29, 0.717) is 0 Å². The summed E-state index contributed by atoms with van der Waals surface area (Å²) in [6.07, 6.45) is 4.18. The van der Waals surface area contributed by atoms with Gasteiger partial charge in [0.15, 0.2) is 0 Å². The zero-order chi connectivity index (χ0) is 18.2. The number of hydrogen-bond acceptors (Lipinski definition) is 4. The normalized spacial score (nSPS) is 28.4. The van der Waals surface area contributed by atoms with Crippen molar-refractivity contribution in [3.63, 3.8) is 0 Å². The van der Waals surface area contributed by atoms with E-state index in [2.05, 4.69) is 30.8 Å². The average Bonchev–Trinajstić information content (AvgIpc) is 2.81. The van der Waals surface area contributed by atoms with Gasteiger partial charge in [-0.15, -0.1) is 0 Å². The summed E-state index contributed by atoms with van der Waals surface area (Å²) >= 11 is 0. The Kier molecular flexibility index (Phi) is 5.21. The first-order valence-electron chi connectivity index (χ1n) is 9.58. The molecule has 2 fully saturated rings. The predicted molar refractivity (Wildman–Crippen MR) is 99.1 cm³/mol. The Morgan fingerprint density at radius 2 is 1.92 bits per heavy atom. The van der Waals surface area contributed by atoms with Gasteiger partial charge >= 0.3 is 0 Å². The number of hydrogen-bond donors (Lipinski definition) is 1. The highest BCUT2D eigenvalue weighted by Gasteiger charge is 2.40. The summed E-state index contributed by atoms with van der Waals surface area (Å²) in [7, 11) is 2.00. The Morgan fingerprint density at radius 1 is 1.24 bits per heavy atom. The lowest BCUT2D eigenvalue weighted by atomic mass is 9.74. The van der Waals surface area contributed by atoms with Crippen LogP contribution in [-0.4, -0.2) is 57.2 Å². The Morgan fingerprint density at radius 3 is 2.48 bits per heavy atom. The lowest BCUT2D eigenvalue weighted by Gasteiger charge is -2.42. The van der Waals surface area contributed by atoms with Gasteiger partial charge in [0.2, 0.25) is 5.91 Å². The summed E-state index contributed by atoms with van der Waals surface area (Å²) in [5.74, 6) is 0.272. The van der Waals surface area contributed by atoms with Gasteiger partial charge in [-0.25, -0.2) is 0 Å². The third-order valence-electron chi connectivity index (χ3n) is 6.28. The molecule has 2 heterocycles. The molecule has 0 aromatic carbocycles. The molecule has 2 unspecified atom stereocenters. The zero-order valence-electron chi connectivity index (χ0n) is 16.2. The minimum Gasteiger partial charge on any atom is -0.340 e. The molecule has 0 bridgehead atoms. The Balaban J connectivity index is 1.57. The lowest BCUT2D eigenvalue weighted by Crippen LogP contribution is -2.57. The number of amides is 1. The molecule has 1 aliphatic heterocycles. The molecule has 1 amide bonds. The fourth-order valence-corrected chi connectivity index (χ4v) is 4.38. The molecule has 1 saturated heterocycles. The van der Waals surface area contributed by atoms with Gasteiger partial charge in [-0.2, -0.15) is 5.10 Å². The van der Waals surface area contributed by atoms with Gasteiger partial charge in [0, 0.05) is 56.6 Å². The summed E-state index contributed by atoms with van der Waals surface area (Å²) in [4.78, 5) is 17.4. The number of aromatic nitrogens is 2. The van der Waals surface area contributed by atoms with Crippen molar-refractivity contribution in [1.29, 1.82) is 0 Å². The Bertz CT molecular complexity index is 628. The van der Waals surface area contributed by atoms with Crippen LogP contribution in [-0.2, 0) is 18.4 Å². The lowest BCUT2D eigenvalue weighted by molar-refractivity contribution is -0.140. The van der Waals surface area contributed by atoms with Crippen LogP contribution in [0.1, 0.15) is 49.6 Å². The Hall–Kier alpha value is -1.40. The van der Waals surface area contributed by atoms with Crippen molar-refractivity contribution in [3.05, 3.63) is 17.0 Å². The SMILES string of the molecule is Cc1nn(C)c(C)c1CN1CCN(C(=O)C2CCCCC2(C)N)CC1. The van der Waals surface area contributed by atoms with Gasteiger partial charge in [-0.3, -0.25) is 14.4 Å². The van der Waals surface area contributed by atoms with Crippen LogP contribution in [0.5, 0.6) is 0 Å². The van der Waals surface area contributed by atoms with E-state index in [-0.39, 0.29) is 17.4 Å². The number of piperazine rings is 1. The van der Waals surface area contributed by atoms with Crippen LogP contribution in [0.2, 0.25) is 0 Å². The molecule has 2 atom stereocenters. The van der Waals surface area contributed by atoms with Crippen LogP contribution < -0.4 is 5.73 Å². The third kappa shape index (κ3) is 3.75. The van der Waals surface area contributed by atoms with E-state index < -0.39 is 0 Å². The van der Waals surface area contributed by atoms with E-state index >= 15 is 0 Å². The smallest absolute Gasteiger partial charge is 0.227 e. The topological polar surface area (TPSA) is 67.4 Å². The molecule has 2 N–H and O–H groups in total. The van der Waals surface area contributed by atoms with Crippen LogP contribution in [0.15, 0.2) is 0 Å². The second kappa shape index (κ2) is 7.08. The number of nitrogens with zero attached hydrogens (tertiary/aromatic N) is 4. The minimum absolute atomic E-state index is 0.00406. The molecule has 1 aromatic heterocycles. The first-order chi connectivity index (χ1) is 11.8. The van der Waals surface area contributed by atoms with Crippen molar-refractivity contribution in [2.24, 2.45) is 18.7 Å². The molecule has 25 heavy (non-hydrogen) atoms. The first kappa shape index (κ1) is 18.4. The monoisotopic (exact) mass is 347 g/mol. The van der Waals surface area contributed by atoms with Gasteiger partial charge in [0.05, 0.1) is 11.6 Å². The number of rotatable bonds is 3. The fourth-order valence-electron chi connectivity index (χ4n) is 4.38. The van der Waals surface area contributed by atoms with Crippen LogP contribution in [0.25, 0.3) is 0 Å². The third-order valence-corrected chi connectivity index (χ3v) is 6.28. The minimum atomic E-state index is -0.337. The highest BCUT2D eigenvalue weighted by molar-refractivity contribution is 5.80. The van der Waals surface area contributed by atoms with Crippen molar-refractivity contribution in [1.82, 2.24) is 19.6 Å². The molecular weight excluding hydrogens is 314 g/mol. The van der Waals surface area contributed by atoms with Crippen molar-refractivity contribution < 1.29 is 4.79 Å². The average molecular weight is 348 g/mol. The predicted octanol–water partition coefficient (Wildman–Crippen LogP) is 1.59. The molecule has 0 radical (unpaired) electrons. The highest BCUT2D eigenvalue weighted by atomic mass is 16.2. The molecule has 140 valence electrons. The molecule has 2 aliphatic rings. The zero-order valence-corrected chi connectivity index (χ0v) is 16.2. The largest absolute Gasteiger partial charge is 0.340 e. The molecule has 3 rings (SSSR count). The number of aryl methyl sites for hydroxylation is 2. The standard InChI is InChI=1S/C19H33N5O/c1-14-16(15(2)22(4)21-14)13-23-9-11-24(12-10-23)18(25)17-7-5-6-8-19(17,3)20/h17H,5-13,20H2,1-4H3. The molecule has 6 heteroatoms. The maximum atomic E-state index is 13.0. The van der Waals surface area contributed by atoms with Crippen molar-refractivity contribution in [2.45, 2.75) is 58.5 Å². The highest BCUT2D eigenvalue weighted by Crippen LogP contribution is 2.33. The maximum absolute atomic E-state index is 13.0. The van der Waals surface area contributed by atoms with Crippen molar-refractivity contribution >= 4 is 5.91 Å². The summed E-state index contributed by atoms with van der Waals surface area (Å²) in [5.41, 5.74) is 9.76. The van der Waals surface area contributed by atoms with Crippen LogP contribution in [0.4, 0.5) is 0 Å². The van der Waals surface area contributed by atoms with E-state index in [4.69, 9.17) is 5.73 Å². The summed E-state index contributed by atoms with van der Waals surface area (Å²) in [6, 6.07) is 0. The summed E-state index contributed by atoms with van der Waals surface area (Å²) in [6.45, 7) is 10.6. The van der Waals surface area contributed by atoms with Crippen LogP contribution >= 0.6 is 0 Å². The number of carbonyl (C=O) groups is 1. The molecule has 1 saturated carbocycles. The van der Waals surface area contributed by atoms with Gasteiger partial charge < -0.3 is 10.6 Å². The van der Waals surface area contributed by atoms with E-state index in [0.717, 1.165) is 64.1 Å². The number of carbonyl (C=O) groups excluding carboxylic acids is 1. The van der Waals surface area contributed by atoms with Gasteiger partial charge in [-0.1, -0.05) is 12.8 Å². The van der Waals surface area contributed by atoms with E-state index in [1.54, 1.807) is 0 Å². The maximum Gasteiger partial charge on any atom is 0.227 e. The van der Waals surface area contributed by atoms with E-state index in [1.807, 2.05) is 16.6 Å². The molecule has 1 aromatic rings. The van der Waals surface area contributed by atoms with Crippen LogP contribution in [0.3, 0.4) is 0 Å². The van der Waals surface area contributed by atoms with E-state index in [9.17, 15) is 4.79 Å². The van der Waals surface area contributed by atoms with Crippen molar-refractivity contribution in [2.75, 3.05) is 26.2 Å². The summed E-state index contributed by atoms with van der Waals surface area (Å²) < 4.78 is 1.95. The quantitative estimate of drug-likeness (QED) is 0.902. The van der Waals surface area contributed by atoms with Gasteiger partial charge in [0.1, 0.15) is 0 Å². The summed E-state index contributed by atoms with van der Waals surface area (Å²) in [5, 5.41) is 4.51. The number of nitrogens with two attached hydrogens (primary N) is 1.